The van der Waals surface area contributed by atoms with Gasteiger partial charge in [-0.1, -0.05) is 43.0 Å². The predicted molar refractivity (Wildman–Crippen MR) is 56.3 cm³/mol. The molecule has 0 aromatic heterocycles. The van der Waals surface area contributed by atoms with E-state index in [1.165, 1.54) is 0 Å². The second-order valence-corrected chi connectivity index (χ2v) is 6.64. The molecule has 0 amide bonds. The normalized spacial score (nSPS) is 12.0. The Morgan fingerprint density at radius 1 is 1.00 bits per heavy atom. The highest BCUT2D eigenvalue weighted by Crippen LogP contribution is 2.04. The summed E-state index contributed by atoms with van der Waals surface area (Å²) in [4.78, 5) is 0. The molecule has 0 aromatic rings. The Hall–Kier alpha value is 0.617. The molecule has 0 saturated heterocycles. The molecule has 0 aliphatic heterocycles. The van der Waals surface area contributed by atoms with Crippen molar-refractivity contribution in [1.29, 1.82) is 0 Å². The van der Waals surface area contributed by atoms with E-state index in [-0.39, 0.29) is 0 Å². The van der Waals surface area contributed by atoms with Crippen LogP contribution in [0.2, 0.25) is 0 Å². The minimum Gasteiger partial charge on any atom is -0.385 e. The standard InChI is InChI=1S/C8H18BrO2Si/c1-7(2)5-10-12(9)11-6-8(3)4/h7-8H,5-6H2,1-4H3. The Morgan fingerprint density at radius 3 is 1.58 bits per heavy atom. The maximum atomic E-state index is 5.45. The van der Waals surface area contributed by atoms with Crippen molar-refractivity contribution in [2.24, 2.45) is 11.8 Å². The van der Waals surface area contributed by atoms with E-state index in [1.807, 2.05) is 0 Å². The molecular formula is C8H18BrO2Si. The highest BCUT2D eigenvalue weighted by atomic mass is 79.9. The molecule has 0 spiro atoms. The van der Waals surface area contributed by atoms with Gasteiger partial charge in [0.25, 0.3) is 0 Å². The molecule has 0 aromatic carbocycles. The number of hydrogen-bond donors (Lipinski definition) is 0. The van der Waals surface area contributed by atoms with Crippen LogP contribution in [0.25, 0.3) is 0 Å². The first-order valence-corrected chi connectivity index (χ1v) is 7.87. The lowest BCUT2D eigenvalue weighted by Crippen LogP contribution is -2.20. The van der Waals surface area contributed by atoms with Crippen LogP contribution >= 0.6 is 15.3 Å². The molecule has 2 nitrogen and oxygen atoms in total. The Kier molecular flexibility index (Phi) is 7.43. The number of hydrogen-bond acceptors (Lipinski definition) is 2. The second-order valence-electron chi connectivity index (χ2n) is 3.65. The van der Waals surface area contributed by atoms with Crippen LogP contribution in [0.5, 0.6) is 0 Å². The molecule has 0 saturated carbocycles. The van der Waals surface area contributed by atoms with E-state index in [1.54, 1.807) is 0 Å². The van der Waals surface area contributed by atoms with Crippen molar-refractivity contribution in [3.63, 3.8) is 0 Å². The first kappa shape index (κ1) is 12.6. The zero-order valence-electron chi connectivity index (χ0n) is 8.26. The third-order valence-electron chi connectivity index (χ3n) is 1.06. The highest BCUT2D eigenvalue weighted by Gasteiger charge is 2.12. The van der Waals surface area contributed by atoms with Crippen molar-refractivity contribution in [2.75, 3.05) is 13.2 Å². The Morgan fingerprint density at radius 2 is 1.33 bits per heavy atom. The number of halogens is 1. The molecule has 0 rings (SSSR count). The van der Waals surface area contributed by atoms with Gasteiger partial charge in [0.1, 0.15) is 0 Å². The molecular weight excluding hydrogens is 236 g/mol. The van der Waals surface area contributed by atoms with Crippen LogP contribution in [0.4, 0.5) is 0 Å². The summed E-state index contributed by atoms with van der Waals surface area (Å²) in [6.45, 7) is 10.1. The summed E-state index contributed by atoms with van der Waals surface area (Å²) in [6, 6.07) is 0. The van der Waals surface area contributed by atoms with Crippen LogP contribution in [-0.2, 0) is 8.85 Å². The van der Waals surface area contributed by atoms with Crippen molar-refractivity contribution < 1.29 is 8.85 Å². The monoisotopic (exact) mass is 253 g/mol. The van der Waals surface area contributed by atoms with E-state index in [0.29, 0.717) is 11.8 Å². The van der Waals surface area contributed by atoms with Crippen molar-refractivity contribution >= 4 is 23.2 Å². The molecule has 0 atom stereocenters. The lowest BCUT2D eigenvalue weighted by Gasteiger charge is -2.12. The van der Waals surface area contributed by atoms with Crippen LogP contribution in [0, 0.1) is 11.8 Å². The van der Waals surface area contributed by atoms with Crippen LogP contribution in [0.3, 0.4) is 0 Å². The quantitative estimate of drug-likeness (QED) is 0.536. The van der Waals surface area contributed by atoms with Gasteiger partial charge in [-0.15, -0.1) is 0 Å². The Bertz CT molecular complexity index is 97.2. The molecule has 0 N–H and O–H groups in total. The maximum Gasteiger partial charge on any atom is 0.471 e. The molecule has 0 unspecified atom stereocenters. The molecule has 0 heterocycles. The summed E-state index contributed by atoms with van der Waals surface area (Å²) in [6.07, 6.45) is 0. The Balaban J connectivity index is 3.27. The molecule has 0 fully saturated rings. The van der Waals surface area contributed by atoms with Gasteiger partial charge < -0.3 is 8.85 Å². The van der Waals surface area contributed by atoms with Gasteiger partial charge in [0, 0.05) is 13.2 Å². The third kappa shape index (κ3) is 8.71. The average molecular weight is 254 g/mol. The fraction of sp³-hybridized carbons (Fsp3) is 1.00. The topological polar surface area (TPSA) is 18.5 Å². The maximum absolute atomic E-state index is 5.45. The van der Waals surface area contributed by atoms with Gasteiger partial charge >= 0.3 is 7.90 Å². The first-order chi connectivity index (χ1) is 5.52. The van der Waals surface area contributed by atoms with E-state index < -0.39 is 7.90 Å². The molecule has 4 heteroatoms. The van der Waals surface area contributed by atoms with Gasteiger partial charge in [0.15, 0.2) is 0 Å². The highest BCUT2D eigenvalue weighted by molar-refractivity contribution is 9.24. The fourth-order valence-electron chi connectivity index (χ4n) is 0.506. The van der Waals surface area contributed by atoms with Gasteiger partial charge in [-0.3, -0.25) is 0 Å². The fourth-order valence-corrected chi connectivity index (χ4v) is 2.31. The molecule has 73 valence electrons. The molecule has 0 aliphatic rings. The second kappa shape index (κ2) is 7.06. The van der Waals surface area contributed by atoms with Crippen LogP contribution < -0.4 is 0 Å². The summed E-state index contributed by atoms with van der Waals surface area (Å²) in [5, 5.41) is 0. The summed E-state index contributed by atoms with van der Waals surface area (Å²) in [7, 11) is -1.17. The molecule has 0 aliphatic carbocycles. The van der Waals surface area contributed by atoms with E-state index >= 15 is 0 Å². The minimum atomic E-state index is -1.17. The van der Waals surface area contributed by atoms with Gasteiger partial charge in [0.05, 0.1) is 0 Å². The third-order valence-corrected chi connectivity index (χ3v) is 3.22. The summed E-state index contributed by atoms with van der Waals surface area (Å²) in [5.74, 6) is 1.15. The zero-order chi connectivity index (χ0) is 9.56. The summed E-state index contributed by atoms with van der Waals surface area (Å²) >= 11 is 3.39. The van der Waals surface area contributed by atoms with Crippen LogP contribution in [0.1, 0.15) is 27.7 Å². The van der Waals surface area contributed by atoms with E-state index in [2.05, 4.69) is 43.0 Å². The van der Waals surface area contributed by atoms with E-state index in [4.69, 9.17) is 8.85 Å². The van der Waals surface area contributed by atoms with Crippen molar-refractivity contribution in [2.45, 2.75) is 27.7 Å². The van der Waals surface area contributed by atoms with Gasteiger partial charge in [-0.2, -0.15) is 0 Å². The van der Waals surface area contributed by atoms with Crippen molar-refractivity contribution in [3.05, 3.63) is 0 Å². The number of rotatable bonds is 6. The van der Waals surface area contributed by atoms with Crippen molar-refractivity contribution in [3.8, 4) is 0 Å². The Labute approximate surface area is 85.1 Å². The predicted octanol–water partition coefficient (Wildman–Crippen LogP) is 2.71. The largest absolute Gasteiger partial charge is 0.471 e. The van der Waals surface area contributed by atoms with Gasteiger partial charge in [-0.25, -0.2) is 0 Å². The van der Waals surface area contributed by atoms with Crippen molar-refractivity contribution in [1.82, 2.24) is 0 Å². The smallest absolute Gasteiger partial charge is 0.385 e. The lowest BCUT2D eigenvalue weighted by molar-refractivity contribution is 0.180. The zero-order valence-corrected chi connectivity index (χ0v) is 10.8. The van der Waals surface area contributed by atoms with E-state index in [0.717, 1.165) is 13.2 Å². The lowest BCUT2D eigenvalue weighted by atomic mass is 10.2. The van der Waals surface area contributed by atoms with E-state index in [9.17, 15) is 0 Å². The van der Waals surface area contributed by atoms with Crippen LogP contribution in [-0.4, -0.2) is 21.1 Å². The molecule has 0 bridgehead atoms. The van der Waals surface area contributed by atoms with Gasteiger partial charge in [-0.05, 0) is 11.8 Å². The average Bonchev–Trinajstić information content (AvgIpc) is 1.96. The minimum absolute atomic E-state index is 0.574. The molecule has 12 heavy (non-hydrogen) atoms. The van der Waals surface area contributed by atoms with Crippen LogP contribution in [0.15, 0.2) is 0 Å². The summed E-state index contributed by atoms with van der Waals surface area (Å²) < 4.78 is 10.9. The first-order valence-electron chi connectivity index (χ1n) is 4.30. The van der Waals surface area contributed by atoms with Gasteiger partial charge in [0.2, 0.25) is 0 Å². The SMILES string of the molecule is CC(C)CO[Si](Br)OCC(C)C. The summed E-state index contributed by atoms with van der Waals surface area (Å²) in [5.41, 5.74) is 0. The molecule has 1 radical (unpaired) electrons.